The highest BCUT2D eigenvalue weighted by Gasteiger charge is 2.34. The molecule has 0 bridgehead atoms. The van der Waals surface area contributed by atoms with Crippen molar-refractivity contribution >= 4 is 23.5 Å². The van der Waals surface area contributed by atoms with E-state index in [1.54, 1.807) is 0 Å². The maximum Gasteiger partial charge on any atom is 0.305 e. The second-order valence-electron chi connectivity index (χ2n) is 4.12. The first-order chi connectivity index (χ1) is 8.08. The number of amides is 1. The Labute approximate surface area is 103 Å². The SMILES string of the molecule is O=C(O)CC(NC(=O)c1ccoc1Cl)C1CC1. The molecule has 1 heterocycles. The Bertz CT molecular complexity index is 438. The van der Waals surface area contributed by atoms with Gasteiger partial charge in [0, 0.05) is 6.04 Å². The standard InChI is InChI=1S/C11H12ClNO4/c12-10-7(3-4-17-10)11(16)13-8(5-9(14)15)6-1-2-6/h3-4,6,8H,1-2,5H2,(H,13,16)(H,14,15). The summed E-state index contributed by atoms with van der Waals surface area (Å²) in [5.41, 5.74) is 0.239. The minimum absolute atomic E-state index is 0.0207. The van der Waals surface area contributed by atoms with Crippen LogP contribution in [0.25, 0.3) is 0 Å². The molecule has 1 saturated carbocycles. The van der Waals surface area contributed by atoms with E-state index in [0.29, 0.717) is 0 Å². The lowest BCUT2D eigenvalue weighted by Gasteiger charge is -2.15. The third-order valence-corrected chi connectivity index (χ3v) is 3.06. The third-order valence-electron chi connectivity index (χ3n) is 2.76. The fourth-order valence-corrected chi connectivity index (χ4v) is 1.92. The summed E-state index contributed by atoms with van der Waals surface area (Å²) >= 11 is 5.68. The van der Waals surface area contributed by atoms with Crippen molar-refractivity contribution in [3.8, 4) is 0 Å². The van der Waals surface area contributed by atoms with Crippen molar-refractivity contribution in [2.45, 2.75) is 25.3 Å². The van der Waals surface area contributed by atoms with Crippen LogP contribution in [-0.4, -0.2) is 23.0 Å². The average Bonchev–Trinajstić information content (AvgIpc) is 3.00. The molecule has 5 nitrogen and oxygen atoms in total. The van der Waals surface area contributed by atoms with Crippen LogP contribution in [-0.2, 0) is 4.79 Å². The van der Waals surface area contributed by atoms with E-state index in [1.165, 1.54) is 12.3 Å². The molecule has 0 spiro atoms. The van der Waals surface area contributed by atoms with E-state index in [0.717, 1.165) is 12.8 Å². The normalized spacial score (nSPS) is 16.5. The molecule has 0 saturated heterocycles. The van der Waals surface area contributed by atoms with Gasteiger partial charge in [-0.2, -0.15) is 0 Å². The van der Waals surface area contributed by atoms with Crippen LogP contribution < -0.4 is 5.32 Å². The first-order valence-corrected chi connectivity index (χ1v) is 5.71. The van der Waals surface area contributed by atoms with Crippen LogP contribution in [0.2, 0.25) is 5.22 Å². The molecule has 1 aliphatic carbocycles. The van der Waals surface area contributed by atoms with Crippen LogP contribution in [0.4, 0.5) is 0 Å². The molecule has 0 aliphatic heterocycles. The van der Waals surface area contributed by atoms with Gasteiger partial charge >= 0.3 is 5.97 Å². The quantitative estimate of drug-likeness (QED) is 0.845. The molecule has 1 amide bonds. The van der Waals surface area contributed by atoms with Gasteiger partial charge in [-0.3, -0.25) is 9.59 Å². The van der Waals surface area contributed by atoms with Gasteiger partial charge in [0.1, 0.15) is 0 Å². The summed E-state index contributed by atoms with van der Waals surface area (Å²) in [6.45, 7) is 0. The van der Waals surface area contributed by atoms with E-state index in [1.807, 2.05) is 0 Å². The molecule has 6 heteroatoms. The van der Waals surface area contributed by atoms with Gasteiger partial charge in [0.25, 0.3) is 5.91 Å². The van der Waals surface area contributed by atoms with Crippen LogP contribution in [0.1, 0.15) is 29.6 Å². The Morgan fingerprint density at radius 2 is 2.29 bits per heavy atom. The van der Waals surface area contributed by atoms with E-state index in [4.69, 9.17) is 21.1 Å². The Kier molecular flexibility index (Phi) is 3.38. The van der Waals surface area contributed by atoms with Crippen molar-refractivity contribution in [2.75, 3.05) is 0 Å². The zero-order valence-electron chi connectivity index (χ0n) is 8.98. The number of carbonyl (C=O) groups excluding carboxylic acids is 1. The Balaban J connectivity index is 2.00. The van der Waals surface area contributed by atoms with Crippen LogP contribution >= 0.6 is 11.6 Å². The van der Waals surface area contributed by atoms with Gasteiger partial charge in [0.2, 0.25) is 5.22 Å². The van der Waals surface area contributed by atoms with Crippen LogP contribution in [0, 0.1) is 5.92 Å². The maximum absolute atomic E-state index is 11.8. The average molecular weight is 258 g/mol. The molecule has 1 atom stereocenters. The predicted molar refractivity (Wildman–Crippen MR) is 59.9 cm³/mol. The molecule has 1 aliphatic rings. The zero-order chi connectivity index (χ0) is 12.4. The van der Waals surface area contributed by atoms with Gasteiger partial charge in [0.15, 0.2) is 0 Å². The second-order valence-corrected chi connectivity index (χ2v) is 4.47. The summed E-state index contributed by atoms with van der Waals surface area (Å²) in [4.78, 5) is 22.5. The number of carboxylic acids is 1. The summed E-state index contributed by atoms with van der Waals surface area (Å²) in [7, 11) is 0. The van der Waals surface area contributed by atoms with Crippen molar-refractivity contribution in [2.24, 2.45) is 5.92 Å². The topological polar surface area (TPSA) is 79.5 Å². The molecule has 1 fully saturated rings. The second kappa shape index (κ2) is 4.79. The molecule has 2 N–H and O–H groups in total. The number of hydrogen-bond acceptors (Lipinski definition) is 3. The summed E-state index contributed by atoms with van der Waals surface area (Å²) < 4.78 is 4.81. The number of nitrogens with one attached hydrogen (secondary N) is 1. The first kappa shape index (κ1) is 12.0. The van der Waals surface area contributed by atoms with Crippen molar-refractivity contribution in [1.29, 1.82) is 0 Å². The fraction of sp³-hybridized carbons (Fsp3) is 0.455. The van der Waals surface area contributed by atoms with Gasteiger partial charge in [-0.05, 0) is 36.4 Å². The smallest absolute Gasteiger partial charge is 0.305 e. The van der Waals surface area contributed by atoms with Gasteiger partial charge in [-0.25, -0.2) is 0 Å². The molecule has 92 valence electrons. The zero-order valence-corrected chi connectivity index (χ0v) is 9.74. The molecule has 1 aromatic rings. The van der Waals surface area contributed by atoms with E-state index >= 15 is 0 Å². The van der Waals surface area contributed by atoms with E-state index in [2.05, 4.69) is 5.32 Å². The Morgan fingerprint density at radius 1 is 1.59 bits per heavy atom. The molecule has 1 unspecified atom stereocenters. The number of halogens is 1. The number of hydrogen-bond donors (Lipinski definition) is 2. The monoisotopic (exact) mass is 257 g/mol. The summed E-state index contributed by atoms with van der Waals surface area (Å²) in [6, 6.07) is 1.13. The van der Waals surface area contributed by atoms with E-state index in [9.17, 15) is 9.59 Å². The third kappa shape index (κ3) is 3.00. The summed E-state index contributed by atoms with van der Waals surface area (Å²) in [5.74, 6) is -1.04. The van der Waals surface area contributed by atoms with Crippen molar-refractivity contribution < 1.29 is 19.1 Å². The number of carboxylic acid groups (broad SMARTS) is 1. The predicted octanol–water partition coefficient (Wildman–Crippen LogP) is 1.92. The van der Waals surface area contributed by atoms with Gasteiger partial charge in [0.05, 0.1) is 18.2 Å². The maximum atomic E-state index is 11.8. The number of aliphatic carboxylic acids is 1. The van der Waals surface area contributed by atoms with Gasteiger partial charge in [-0.15, -0.1) is 0 Å². The number of rotatable bonds is 5. The van der Waals surface area contributed by atoms with E-state index in [-0.39, 0.29) is 35.1 Å². The molecular formula is C11H12ClNO4. The van der Waals surface area contributed by atoms with Crippen molar-refractivity contribution in [3.63, 3.8) is 0 Å². The molecular weight excluding hydrogens is 246 g/mol. The van der Waals surface area contributed by atoms with Crippen LogP contribution in [0.15, 0.2) is 16.7 Å². The van der Waals surface area contributed by atoms with Gasteiger partial charge < -0.3 is 14.8 Å². The lowest BCUT2D eigenvalue weighted by Crippen LogP contribution is -2.38. The van der Waals surface area contributed by atoms with E-state index < -0.39 is 5.97 Å². The van der Waals surface area contributed by atoms with Crippen LogP contribution in [0.5, 0.6) is 0 Å². The molecule has 1 aromatic heterocycles. The minimum atomic E-state index is -0.916. The number of carbonyl (C=O) groups is 2. The molecule has 2 rings (SSSR count). The van der Waals surface area contributed by atoms with Crippen molar-refractivity contribution in [3.05, 3.63) is 23.1 Å². The Hall–Kier alpha value is -1.49. The largest absolute Gasteiger partial charge is 0.481 e. The highest BCUT2D eigenvalue weighted by atomic mass is 35.5. The molecule has 0 radical (unpaired) electrons. The fourth-order valence-electron chi connectivity index (χ4n) is 1.72. The highest BCUT2D eigenvalue weighted by Crippen LogP contribution is 2.34. The summed E-state index contributed by atoms with van der Waals surface area (Å²) in [6.07, 6.45) is 3.17. The molecule has 0 aromatic carbocycles. The molecule has 17 heavy (non-hydrogen) atoms. The van der Waals surface area contributed by atoms with Crippen molar-refractivity contribution in [1.82, 2.24) is 5.32 Å². The minimum Gasteiger partial charge on any atom is -0.481 e. The Morgan fingerprint density at radius 3 is 2.76 bits per heavy atom. The van der Waals surface area contributed by atoms with Crippen LogP contribution in [0.3, 0.4) is 0 Å². The summed E-state index contributed by atoms with van der Waals surface area (Å²) in [5, 5.41) is 11.5. The lowest BCUT2D eigenvalue weighted by molar-refractivity contribution is -0.137. The van der Waals surface area contributed by atoms with Gasteiger partial charge in [-0.1, -0.05) is 0 Å². The first-order valence-electron chi connectivity index (χ1n) is 5.33. The lowest BCUT2D eigenvalue weighted by atomic mass is 10.1. The highest BCUT2D eigenvalue weighted by molar-refractivity contribution is 6.32. The number of furan rings is 1.